The van der Waals surface area contributed by atoms with Crippen LogP contribution >= 0.6 is 0 Å². The lowest BCUT2D eigenvalue weighted by atomic mass is 9.59. The van der Waals surface area contributed by atoms with E-state index in [9.17, 15) is 0 Å². The van der Waals surface area contributed by atoms with Gasteiger partial charge in [-0.2, -0.15) is 0 Å². The molecule has 6 aromatic carbocycles. The first-order chi connectivity index (χ1) is 68.6. The summed E-state index contributed by atoms with van der Waals surface area (Å²) in [5, 5.41) is 5.39. The number of anilines is 10. The van der Waals surface area contributed by atoms with Crippen LogP contribution in [0, 0.1) is 20.8 Å². The van der Waals surface area contributed by atoms with Crippen molar-refractivity contribution >= 4 is 177 Å². The number of hydrogen-bond donors (Lipinski definition) is 0. The average Bonchev–Trinajstić information content (AvgIpc) is 1.63. The molecule has 19 nitrogen and oxygen atoms in total. The summed E-state index contributed by atoms with van der Waals surface area (Å²) >= 11 is 0. The third kappa shape index (κ3) is 17.1. The minimum absolute atomic E-state index is 0.167. The first kappa shape index (κ1) is 90.8. The van der Waals surface area contributed by atoms with Crippen LogP contribution in [-0.4, -0.2) is 54.2 Å². The fourth-order valence-corrected chi connectivity index (χ4v) is 20.8. The molecule has 20 aromatic rings. The van der Waals surface area contributed by atoms with Crippen molar-refractivity contribution in [1.82, 2.24) is 19.9 Å². The molecule has 19 heterocycles. The molecule has 0 N–H and O–H groups in total. The number of para-hydroxylation sites is 1. The average molecular weight is 1840 g/mol. The molecule has 24 heteroatoms. The van der Waals surface area contributed by atoms with Crippen molar-refractivity contribution in [2.75, 3.05) is 24.1 Å². The van der Waals surface area contributed by atoms with Gasteiger partial charge in [-0.25, -0.2) is 42.8 Å². The van der Waals surface area contributed by atoms with Gasteiger partial charge in [-0.05, 0) is 226 Å². The van der Waals surface area contributed by atoms with E-state index in [4.69, 9.17) is 22.1 Å². The Balaban J connectivity index is 0.000000104. The highest BCUT2D eigenvalue weighted by molar-refractivity contribution is 6.72. The van der Waals surface area contributed by atoms with Crippen molar-refractivity contribution in [3.8, 4) is 55.6 Å². The number of benzene rings is 6. The van der Waals surface area contributed by atoms with Gasteiger partial charge in [-0.1, -0.05) is 212 Å². The Labute approximate surface area is 824 Å². The third-order valence-corrected chi connectivity index (χ3v) is 27.6. The van der Waals surface area contributed by atoms with Crippen LogP contribution < -0.4 is 46.9 Å². The standard InChI is InChI=1S/C25H24BN2O.C24H23BN3O.2C23H21BN3O.C22H19BN3O/c1-17-14-23(27(4)16-21(17)19-10-6-5-7-11-19)28-25-24(18(2)15-26(28)3)20-12-8-9-13-22(20)29-25;1-16-14-25(3)28(24-22(16)19-11-8-12-26-23(19)29-24)21-13-20(17(2)15-27(21)4)18-9-6-5-7-10-18;1-16-15-26(3)21(14-20(16)17-8-5-4-6-9-17)27-23-19(11-12-24(27)2)18-10-7-13-25-22(18)28-23;1-16-15-24(2)27(23-21(16)19-10-7-12-25-22(19)28-23)20-14-18(11-13-26(20)3)17-8-5-4-6-9-17;1-23-12-10-19-18-9-6-13-24-21(18)27-22(19)26(23)20-15-17(11-14-25(20)2)16-7-4-3-5-8-16/h5-16H,1-4H3;5-15H,1-4H3;2*4-15H,1-3H3;3-15H,1-2H3/q5*+1. The molecule has 14 aromatic heterocycles. The molecule has 686 valence electrons. The molecule has 0 aliphatic carbocycles. The summed E-state index contributed by atoms with van der Waals surface area (Å²) in [5.74, 6) is 21.1. The van der Waals surface area contributed by atoms with Gasteiger partial charge in [0.05, 0.1) is 116 Å². The Bertz CT molecular complexity index is 8370. The highest BCUT2D eigenvalue weighted by atomic mass is 16.4. The monoisotopic (exact) mass is 1840 g/mol. The van der Waals surface area contributed by atoms with E-state index in [1.54, 1.807) is 24.8 Å². The summed E-state index contributed by atoms with van der Waals surface area (Å²) in [6.07, 6.45) is 22.2. The van der Waals surface area contributed by atoms with Crippen LogP contribution in [0.1, 0.15) is 65.3 Å². The summed E-state index contributed by atoms with van der Waals surface area (Å²) in [6.45, 7) is 24.8. The van der Waals surface area contributed by atoms with Gasteiger partial charge in [0.2, 0.25) is 22.9 Å². The van der Waals surface area contributed by atoms with Crippen LogP contribution in [0.3, 0.4) is 0 Å². The van der Waals surface area contributed by atoms with E-state index in [1.807, 2.05) is 54.6 Å². The quantitative estimate of drug-likeness (QED) is 0.0942. The predicted octanol–water partition coefficient (Wildman–Crippen LogP) is 25.9. The normalized spacial score (nSPS) is 13.5. The molecule has 141 heavy (non-hydrogen) atoms. The molecule has 0 saturated heterocycles. The minimum atomic E-state index is 0.167. The maximum absolute atomic E-state index is 6.38. The third-order valence-electron chi connectivity index (χ3n) is 27.6. The van der Waals surface area contributed by atoms with Crippen LogP contribution in [0.25, 0.3) is 140 Å². The molecule has 5 aliphatic rings. The van der Waals surface area contributed by atoms with Crippen LogP contribution in [0.5, 0.6) is 0 Å². The Morgan fingerprint density at radius 3 is 0.965 bits per heavy atom. The van der Waals surface area contributed by atoms with Gasteiger partial charge in [0.25, 0.3) is 58.5 Å². The molecule has 0 bridgehead atoms. The molecule has 25 rings (SSSR count). The molecule has 5 aliphatic heterocycles. The fraction of sp³-hybridized carbons (Fsp3) is 0.137. The van der Waals surface area contributed by atoms with E-state index >= 15 is 0 Å². The number of fused-ring (bicyclic) bond motifs is 15. The van der Waals surface area contributed by atoms with Crippen molar-refractivity contribution in [3.63, 3.8) is 0 Å². The zero-order chi connectivity index (χ0) is 97.1. The fourth-order valence-electron chi connectivity index (χ4n) is 20.8. The van der Waals surface area contributed by atoms with Crippen LogP contribution in [0.4, 0.5) is 58.5 Å². The number of hydrogen-bond acceptors (Lipinski definition) is 14. The molecule has 0 spiro atoms. The molecular weight excluding hydrogens is 1740 g/mol. The molecule has 0 fully saturated rings. The summed E-state index contributed by atoms with van der Waals surface area (Å²) in [7, 11) is 10.4. The second-order valence-corrected chi connectivity index (χ2v) is 37.3. The first-order valence-corrected chi connectivity index (χ1v) is 48.3. The van der Waals surface area contributed by atoms with Crippen molar-refractivity contribution in [3.05, 3.63) is 397 Å². The number of furan rings is 5. The van der Waals surface area contributed by atoms with Crippen LogP contribution in [0.2, 0.25) is 34.1 Å². The summed E-state index contributed by atoms with van der Waals surface area (Å²) in [6, 6.07) is 92.5. The maximum Gasteiger partial charge on any atom is 0.406 e. The molecule has 0 radical (unpaired) electrons. The van der Waals surface area contributed by atoms with E-state index in [1.165, 1.54) is 100.0 Å². The Hall–Kier alpha value is -16.6. The second-order valence-electron chi connectivity index (χ2n) is 37.3. The van der Waals surface area contributed by atoms with E-state index in [0.717, 1.165) is 108 Å². The van der Waals surface area contributed by atoms with Gasteiger partial charge in [0.1, 0.15) is 5.58 Å². The number of allylic oxidation sites excluding steroid dienone is 3. The molecule has 0 atom stereocenters. The number of pyridine rings is 9. The van der Waals surface area contributed by atoms with Gasteiger partial charge >= 0.3 is 34.2 Å². The van der Waals surface area contributed by atoms with Gasteiger partial charge in [0, 0.05) is 66.1 Å². The predicted molar refractivity (Wildman–Crippen MR) is 580 cm³/mol. The largest absolute Gasteiger partial charge is 0.423 e. The lowest BCUT2D eigenvalue weighted by Crippen LogP contribution is -2.44. The van der Waals surface area contributed by atoms with Crippen LogP contribution in [-0.2, 0) is 35.2 Å². The maximum atomic E-state index is 6.38. The Kier molecular flexibility index (Phi) is 24.5. The minimum Gasteiger partial charge on any atom is -0.423 e. The Morgan fingerprint density at radius 2 is 0.560 bits per heavy atom. The van der Waals surface area contributed by atoms with E-state index in [2.05, 4.69) is 463 Å². The smallest absolute Gasteiger partial charge is 0.406 e. The number of aryl methyl sites for hydroxylation is 8. The van der Waals surface area contributed by atoms with Gasteiger partial charge in [0.15, 0.2) is 0 Å². The van der Waals surface area contributed by atoms with E-state index in [0.29, 0.717) is 22.9 Å². The van der Waals surface area contributed by atoms with Crippen LogP contribution in [0.15, 0.2) is 375 Å². The van der Waals surface area contributed by atoms with Gasteiger partial charge in [-0.3, -0.25) is 24.1 Å². The molecule has 0 saturated carbocycles. The topological polar surface area (TPSA) is 153 Å². The number of aromatic nitrogens is 9. The van der Waals surface area contributed by atoms with E-state index in [-0.39, 0.29) is 34.2 Å². The number of rotatable bonds is 10. The highest BCUT2D eigenvalue weighted by Gasteiger charge is 2.45. The molecule has 0 amide bonds. The van der Waals surface area contributed by atoms with Crippen molar-refractivity contribution in [1.29, 1.82) is 0 Å². The second kappa shape index (κ2) is 38.1. The lowest BCUT2D eigenvalue weighted by molar-refractivity contribution is -0.658. The highest BCUT2D eigenvalue weighted by Crippen LogP contribution is 2.50. The van der Waals surface area contributed by atoms with Crippen molar-refractivity contribution in [2.45, 2.75) is 75.7 Å². The number of nitrogens with zero attached hydrogens (tertiary/aromatic N) is 14. The summed E-state index contributed by atoms with van der Waals surface area (Å²) < 4.78 is 42.1. The Morgan fingerprint density at radius 1 is 0.255 bits per heavy atom. The molecule has 0 unspecified atom stereocenters. The zero-order valence-electron chi connectivity index (χ0n) is 82.3. The van der Waals surface area contributed by atoms with Crippen molar-refractivity contribution < 1.29 is 44.9 Å². The SMILES string of the molecule is CB1C=C(C)c2c(oc3ccccc23)N1c1cc(C)c(-c2ccccc2)c[n+]1C.CB1C=C(C)c2c(oc3ncccc23)N1c1cc(-c2ccccc2)c(C)c[n+]1C.CB1C=C(C)c2c(oc3ncccc23)N1c1cc(-c2ccccc2)cc[n+]1C.CB1C=Cc2c(oc3ncccc23)N1c1cc(-c2ccccc2)c(C)c[n+]1C.CB1C=Cc2c(oc3ncccc23)N1c1cc(-c2ccccc2)cc[n+]1C. The van der Waals surface area contributed by atoms with Gasteiger partial charge < -0.3 is 22.1 Å². The van der Waals surface area contributed by atoms with Crippen molar-refractivity contribution in [2.24, 2.45) is 35.2 Å². The molecular formula is C117H108B5N14O5+5. The zero-order valence-corrected chi connectivity index (χ0v) is 82.3. The first-order valence-electron chi connectivity index (χ1n) is 48.3. The van der Waals surface area contributed by atoms with Gasteiger partial charge in [-0.15, -0.1) is 0 Å². The lowest BCUT2D eigenvalue weighted by Gasteiger charge is -2.25. The summed E-state index contributed by atoms with van der Waals surface area (Å²) in [4.78, 5) is 29.0. The summed E-state index contributed by atoms with van der Waals surface area (Å²) in [5.41, 5.74) is 28.9. The van der Waals surface area contributed by atoms with E-state index < -0.39 is 0 Å².